The van der Waals surface area contributed by atoms with E-state index in [1.165, 1.54) is 6.08 Å². The van der Waals surface area contributed by atoms with E-state index in [0.717, 1.165) is 22.6 Å². The first-order valence-corrected chi connectivity index (χ1v) is 8.68. The molecule has 1 heterocycles. The van der Waals surface area contributed by atoms with Crippen molar-refractivity contribution in [3.63, 3.8) is 0 Å². The Labute approximate surface area is 158 Å². The minimum absolute atomic E-state index is 0.0465. The Morgan fingerprint density at radius 1 is 1.11 bits per heavy atom. The molecule has 0 bridgehead atoms. The molecule has 6 nitrogen and oxygen atoms in total. The number of hydrogen-bond donors (Lipinski definition) is 0. The van der Waals surface area contributed by atoms with E-state index in [9.17, 15) is 14.9 Å². The number of nitriles is 1. The highest BCUT2D eigenvalue weighted by Gasteiger charge is 2.15. The summed E-state index contributed by atoms with van der Waals surface area (Å²) in [5.41, 5.74) is 3.86. The first kappa shape index (κ1) is 20.0. The van der Waals surface area contributed by atoms with Crippen LogP contribution in [0.15, 0.2) is 35.9 Å². The molecular formula is C21H22N2O4. The molecule has 1 aromatic carbocycles. The summed E-state index contributed by atoms with van der Waals surface area (Å²) < 4.78 is 11.9. The number of aromatic nitrogens is 1. The van der Waals surface area contributed by atoms with Crippen LogP contribution < -0.4 is 0 Å². The molecule has 6 heteroatoms. The van der Waals surface area contributed by atoms with E-state index in [4.69, 9.17) is 9.47 Å². The summed E-state index contributed by atoms with van der Waals surface area (Å²) >= 11 is 0. The molecule has 0 N–H and O–H groups in total. The quantitative estimate of drug-likeness (QED) is 0.442. The van der Waals surface area contributed by atoms with E-state index in [-0.39, 0.29) is 18.1 Å². The maximum Gasteiger partial charge on any atom is 0.348 e. The Bertz CT molecular complexity index is 915. The Morgan fingerprint density at radius 3 is 2.30 bits per heavy atom. The second-order valence-corrected chi connectivity index (χ2v) is 5.82. The summed E-state index contributed by atoms with van der Waals surface area (Å²) in [6.45, 7) is 7.83. The number of carbonyl (C=O) groups excluding carboxylic acids is 2. The van der Waals surface area contributed by atoms with Crippen LogP contribution in [0.3, 0.4) is 0 Å². The van der Waals surface area contributed by atoms with Crippen molar-refractivity contribution in [2.24, 2.45) is 0 Å². The van der Waals surface area contributed by atoms with Gasteiger partial charge in [0.15, 0.2) is 0 Å². The van der Waals surface area contributed by atoms with E-state index in [1.807, 2.05) is 42.7 Å². The lowest BCUT2D eigenvalue weighted by Crippen LogP contribution is -2.06. The predicted molar refractivity (Wildman–Crippen MR) is 101 cm³/mol. The molecule has 140 valence electrons. The van der Waals surface area contributed by atoms with Crippen molar-refractivity contribution in [2.45, 2.75) is 27.7 Å². The number of hydrogen-bond acceptors (Lipinski definition) is 5. The van der Waals surface area contributed by atoms with Gasteiger partial charge in [-0.1, -0.05) is 0 Å². The maximum absolute atomic E-state index is 11.8. The largest absolute Gasteiger partial charge is 0.462 e. The number of aryl methyl sites for hydroxylation is 1. The van der Waals surface area contributed by atoms with Crippen molar-refractivity contribution in [1.82, 2.24) is 4.57 Å². The number of nitrogens with zero attached hydrogens (tertiary/aromatic N) is 2. The van der Waals surface area contributed by atoms with Gasteiger partial charge in [-0.3, -0.25) is 0 Å². The fourth-order valence-corrected chi connectivity index (χ4v) is 2.79. The van der Waals surface area contributed by atoms with E-state index in [0.29, 0.717) is 12.2 Å². The molecular weight excluding hydrogens is 344 g/mol. The lowest BCUT2D eigenvalue weighted by Gasteiger charge is -2.10. The van der Waals surface area contributed by atoms with Crippen LogP contribution in [0, 0.1) is 25.2 Å². The minimum Gasteiger partial charge on any atom is -0.462 e. The molecule has 0 spiro atoms. The fourth-order valence-electron chi connectivity index (χ4n) is 2.79. The van der Waals surface area contributed by atoms with Gasteiger partial charge in [0.25, 0.3) is 0 Å². The molecule has 1 aromatic heterocycles. The van der Waals surface area contributed by atoms with Gasteiger partial charge in [-0.2, -0.15) is 5.26 Å². The van der Waals surface area contributed by atoms with Crippen LogP contribution in [0.5, 0.6) is 0 Å². The van der Waals surface area contributed by atoms with Gasteiger partial charge >= 0.3 is 11.9 Å². The van der Waals surface area contributed by atoms with E-state index in [2.05, 4.69) is 0 Å². The third-order valence-corrected chi connectivity index (χ3v) is 4.02. The average Bonchev–Trinajstić information content (AvgIpc) is 2.93. The Morgan fingerprint density at radius 2 is 1.74 bits per heavy atom. The second kappa shape index (κ2) is 8.86. The molecule has 0 saturated heterocycles. The lowest BCUT2D eigenvalue weighted by atomic mass is 10.1. The van der Waals surface area contributed by atoms with Crippen molar-refractivity contribution < 1.29 is 19.1 Å². The molecule has 0 unspecified atom stereocenters. The Hall–Kier alpha value is -3.33. The van der Waals surface area contributed by atoms with E-state index in [1.54, 1.807) is 26.0 Å². The van der Waals surface area contributed by atoms with Crippen LogP contribution in [-0.2, 0) is 14.3 Å². The van der Waals surface area contributed by atoms with E-state index >= 15 is 0 Å². The van der Waals surface area contributed by atoms with Crippen LogP contribution in [0.1, 0.15) is 41.2 Å². The maximum atomic E-state index is 11.8. The van der Waals surface area contributed by atoms with Crippen LogP contribution in [-0.4, -0.2) is 29.7 Å². The zero-order chi connectivity index (χ0) is 20.0. The first-order chi connectivity index (χ1) is 12.9. The van der Waals surface area contributed by atoms with Crippen molar-refractivity contribution in [2.75, 3.05) is 13.2 Å². The fraction of sp³-hybridized carbons (Fsp3) is 0.286. The summed E-state index contributed by atoms with van der Waals surface area (Å²) in [6.07, 6.45) is 1.53. The molecule has 2 rings (SSSR count). The average molecular weight is 366 g/mol. The molecule has 0 aliphatic heterocycles. The van der Waals surface area contributed by atoms with Gasteiger partial charge in [0.05, 0.1) is 18.8 Å². The van der Waals surface area contributed by atoms with Gasteiger partial charge in [-0.15, -0.1) is 0 Å². The molecule has 0 atom stereocenters. The summed E-state index contributed by atoms with van der Waals surface area (Å²) in [7, 11) is 0. The highest BCUT2D eigenvalue weighted by Crippen LogP contribution is 2.23. The summed E-state index contributed by atoms with van der Waals surface area (Å²) in [5.74, 6) is -0.995. The van der Waals surface area contributed by atoms with Crippen LogP contribution in [0.2, 0.25) is 0 Å². The zero-order valence-electron chi connectivity index (χ0n) is 15.9. The SMILES string of the molecule is CCOC(=O)/C(C#N)=C\c1cc(C)n(-c2ccc(C(=O)OCC)cc2)c1C. The molecule has 0 aliphatic carbocycles. The summed E-state index contributed by atoms with van der Waals surface area (Å²) in [6, 6.07) is 10.9. The monoisotopic (exact) mass is 366 g/mol. The van der Waals surface area contributed by atoms with Gasteiger partial charge in [0, 0.05) is 17.1 Å². The molecule has 0 aliphatic rings. The number of esters is 2. The highest BCUT2D eigenvalue weighted by molar-refractivity contribution is 5.98. The summed E-state index contributed by atoms with van der Waals surface area (Å²) in [4.78, 5) is 23.6. The molecule has 27 heavy (non-hydrogen) atoms. The first-order valence-electron chi connectivity index (χ1n) is 8.68. The van der Waals surface area contributed by atoms with Gasteiger partial charge in [0.2, 0.25) is 0 Å². The van der Waals surface area contributed by atoms with Gasteiger partial charge < -0.3 is 14.0 Å². The number of rotatable bonds is 6. The topological polar surface area (TPSA) is 81.3 Å². The van der Waals surface area contributed by atoms with E-state index < -0.39 is 5.97 Å². The van der Waals surface area contributed by atoms with Crippen molar-refractivity contribution in [3.8, 4) is 11.8 Å². The van der Waals surface area contributed by atoms with Crippen molar-refractivity contribution in [3.05, 3.63) is 58.4 Å². The number of ether oxygens (including phenoxy) is 2. The number of carbonyl (C=O) groups is 2. The third-order valence-electron chi connectivity index (χ3n) is 4.02. The normalized spacial score (nSPS) is 11.0. The lowest BCUT2D eigenvalue weighted by molar-refractivity contribution is -0.137. The van der Waals surface area contributed by atoms with Gasteiger partial charge in [-0.05, 0) is 69.7 Å². The molecule has 0 saturated carbocycles. The van der Waals surface area contributed by atoms with Crippen LogP contribution in [0.4, 0.5) is 0 Å². The summed E-state index contributed by atoms with van der Waals surface area (Å²) in [5, 5.41) is 9.22. The predicted octanol–water partition coefficient (Wildman–Crippen LogP) is 3.74. The highest BCUT2D eigenvalue weighted by atomic mass is 16.5. The third kappa shape index (κ3) is 4.45. The Balaban J connectivity index is 2.39. The minimum atomic E-state index is -0.636. The Kier molecular flexibility index (Phi) is 6.56. The van der Waals surface area contributed by atoms with Gasteiger partial charge in [-0.25, -0.2) is 9.59 Å². The molecule has 0 fully saturated rings. The molecule has 0 radical (unpaired) electrons. The van der Waals surface area contributed by atoms with Crippen molar-refractivity contribution >= 4 is 18.0 Å². The second-order valence-electron chi connectivity index (χ2n) is 5.82. The van der Waals surface area contributed by atoms with Crippen LogP contribution in [0.25, 0.3) is 11.8 Å². The molecule has 0 amide bonds. The molecule has 2 aromatic rings. The van der Waals surface area contributed by atoms with Crippen LogP contribution >= 0.6 is 0 Å². The number of benzene rings is 1. The smallest absolute Gasteiger partial charge is 0.348 e. The standard InChI is InChI=1S/C21H22N2O4/c1-5-26-20(24)16-7-9-19(10-8-16)23-14(3)11-17(15(23)4)12-18(13-22)21(25)27-6-2/h7-12H,5-6H2,1-4H3/b18-12-. The van der Waals surface area contributed by atoms with Crippen molar-refractivity contribution in [1.29, 1.82) is 5.26 Å². The zero-order valence-corrected chi connectivity index (χ0v) is 15.9. The van der Waals surface area contributed by atoms with Gasteiger partial charge in [0.1, 0.15) is 11.6 Å².